The molecule has 2 fully saturated rings. The number of hydrogen-bond donors (Lipinski definition) is 0. The number of aromatic nitrogens is 2. The van der Waals surface area contributed by atoms with E-state index >= 15 is 0 Å². The zero-order valence-electron chi connectivity index (χ0n) is 24.4. The molecule has 3 heterocycles. The number of piperidine rings is 2. The van der Waals surface area contributed by atoms with Gasteiger partial charge in [-0.25, -0.2) is 18.4 Å². The van der Waals surface area contributed by atoms with Gasteiger partial charge in [0.15, 0.2) is 9.84 Å². The highest BCUT2D eigenvalue weighted by atomic mass is 35.5. The van der Waals surface area contributed by atoms with Crippen molar-refractivity contribution >= 4 is 27.1 Å². The zero-order valence-corrected chi connectivity index (χ0v) is 25.9. The lowest BCUT2D eigenvalue weighted by atomic mass is 9.99. The van der Waals surface area contributed by atoms with E-state index in [2.05, 4.69) is 33.0 Å². The number of likely N-dealkylation sites (tertiary alicyclic amines) is 1. The van der Waals surface area contributed by atoms with Crippen molar-refractivity contribution in [2.45, 2.75) is 75.0 Å². The number of sulfone groups is 1. The van der Waals surface area contributed by atoms with Gasteiger partial charge >= 0.3 is 0 Å². The van der Waals surface area contributed by atoms with Crippen molar-refractivity contribution in [3.8, 4) is 5.75 Å². The summed E-state index contributed by atoms with van der Waals surface area (Å²) in [6.07, 6.45) is 8.85. The molecule has 2 saturated heterocycles. The van der Waals surface area contributed by atoms with Crippen molar-refractivity contribution in [2.24, 2.45) is 0 Å². The Hall–Kier alpha value is -2.68. The van der Waals surface area contributed by atoms with E-state index in [0.29, 0.717) is 45.9 Å². The van der Waals surface area contributed by atoms with Crippen LogP contribution < -0.4 is 9.64 Å². The maximum Gasteiger partial charge on any atom is 0.180 e. The molecule has 1 aromatic heterocycles. The lowest BCUT2D eigenvalue weighted by Crippen LogP contribution is -2.46. The molecule has 220 valence electrons. The van der Waals surface area contributed by atoms with Gasteiger partial charge in [0.2, 0.25) is 0 Å². The molecule has 2 aromatic carbocycles. The van der Waals surface area contributed by atoms with Crippen molar-refractivity contribution in [3.05, 3.63) is 76.3 Å². The zero-order chi connectivity index (χ0) is 29.0. The Kier molecular flexibility index (Phi) is 9.52. The van der Waals surface area contributed by atoms with E-state index in [1.807, 2.05) is 12.1 Å². The number of ether oxygens (including phenoxy) is 1. The molecule has 0 amide bonds. The second kappa shape index (κ2) is 13.1. The highest BCUT2D eigenvalue weighted by molar-refractivity contribution is 7.92. The van der Waals surface area contributed by atoms with Gasteiger partial charge in [0.25, 0.3) is 0 Å². The third kappa shape index (κ3) is 6.87. The molecule has 0 N–H and O–H groups in total. The average molecular weight is 597 g/mol. The van der Waals surface area contributed by atoms with E-state index in [9.17, 15) is 8.42 Å². The van der Waals surface area contributed by atoms with E-state index in [0.717, 1.165) is 24.4 Å². The van der Waals surface area contributed by atoms with Gasteiger partial charge in [0.05, 0.1) is 28.0 Å². The van der Waals surface area contributed by atoms with Crippen molar-refractivity contribution in [1.82, 2.24) is 14.9 Å². The number of rotatable bonds is 9. The molecule has 0 unspecified atom stereocenters. The quantitative estimate of drug-likeness (QED) is 0.302. The van der Waals surface area contributed by atoms with Crippen LogP contribution in [0.1, 0.15) is 68.6 Å². The second-order valence-electron chi connectivity index (χ2n) is 11.4. The van der Waals surface area contributed by atoms with Crippen LogP contribution in [0.15, 0.2) is 53.6 Å². The fourth-order valence-corrected chi connectivity index (χ4v) is 7.47. The average Bonchev–Trinajstić information content (AvgIpc) is 2.99. The van der Waals surface area contributed by atoms with Crippen molar-refractivity contribution in [1.29, 1.82) is 0 Å². The highest BCUT2D eigenvalue weighted by Crippen LogP contribution is 2.31. The van der Waals surface area contributed by atoms with Gasteiger partial charge in [-0.15, -0.1) is 0 Å². The van der Waals surface area contributed by atoms with E-state index in [1.165, 1.54) is 50.9 Å². The van der Waals surface area contributed by atoms with Crippen molar-refractivity contribution in [3.63, 3.8) is 0 Å². The first-order chi connectivity index (χ1) is 19.8. The van der Waals surface area contributed by atoms with Gasteiger partial charge in [-0.05, 0) is 70.3 Å². The number of anilines is 1. The Balaban J connectivity index is 1.30. The summed E-state index contributed by atoms with van der Waals surface area (Å²) < 4.78 is 31.7. The SMILES string of the molecule is COc1cc(N2CCC(N3CCCCC3)CC2)ccc1Cc1ncc(Cl)c(Cc2ccccc2S(=O)(=O)C(C)C)n1. The molecule has 2 aliphatic heterocycles. The van der Waals surface area contributed by atoms with Crippen LogP contribution in [-0.2, 0) is 22.7 Å². The molecule has 0 spiro atoms. The van der Waals surface area contributed by atoms with Gasteiger partial charge < -0.3 is 14.5 Å². The van der Waals surface area contributed by atoms with Gasteiger partial charge in [-0.3, -0.25) is 0 Å². The smallest absolute Gasteiger partial charge is 0.180 e. The molecule has 2 aliphatic rings. The predicted octanol–water partition coefficient (Wildman–Crippen LogP) is 5.96. The molecule has 9 heteroatoms. The maximum absolute atomic E-state index is 13.0. The molecular weight excluding hydrogens is 556 g/mol. The molecule has 0 radical (unpaired) electrons. The number of methoxy groups -OCH3 is 1. The van der Waals surface area contributed by atoms with Crippen LogP contribution in [0.5, 0.6) is 5.75 Å². The fourth-order valence-electron chi connectivity index (χ4n) is 6.03. The Morgan fingerprint density at radius 3 is 2.41 bits per heavy atom. The summed E-state index contributed by atoms with van der Waals surface area (Å²) in [5.41, 5.74) is 3.47. The van der Waals surface area contributed by atoms with Crippen LogP contribution in [-0.4, -0.2) is 67.9 Å². The van der Waals surface area contributed by atoms with Gasteiger partial charge in [0.1, 0.15) is 11.6 Å². The Morgan fingerprint density at radius 1 is 0.976 bits per heavy atom. The van der Waals surface area contributed by atoms with Crippen LogP contribution in [0.4, 0.5) is 5.69 Å². The Labute approximate surface area is 249 Å². The Morgan fingerprint density at radius 2 is 1.71 bits per heavy atom. The lowest BCUT2D eigenvalue weighted by molar-refractivity contribution is 0.141. The minimum Gasteiger partial charge on any atom is -0.496 e. The number of nitrogens with zero attached hydrogens (tertiary/aromatic N) is 4. The van der Waals surface area contributed by atoms with Gasteiger partial charge in [0, 0.05) is 55.5 Å². The second-order valence-corrected chi connectivity index (χ2v) is 14.3. The number of benzene rings is 2. The molecule has 0 bridgehead atoms. The highest BCUT2D eigenvalue weighted by Gasteiger charge is 2.26. The fraction of sp³-hybridized carbons (Fsp3) is 0.500. The minimum atomic E-state index is -3.44. The van der Waals surface area contributed by atoms with Crippen LogP contribution in [0.25, 0.3) is 0 Å². The van der Waals surface area contributed by atoms with E-state index in [4.69, 9.17) is 21.3 Å². The third-order valence-corrected chi connectivity index (χ3v) is 11.0. The molecule has 5 rings (SSSR count). The lowest BCUT2D eigenvalue weighted by Gasteiger charge is -2.41. The van der Waals surface area contributed by atoms with Crippen LogP contribution in [0, 0.1) is 0 Å². The van der Waals surface area contributed by atoms with E-state index in [-0.39, 0.29) is 0 Å². The molecule has 0 saturated carbocycles. The normalized spacial score (nSPS) is 17.2. The summed E-state index contributed by atoms with van der Waals surface area (Å²) in [6, 6.07) is 14.2. The first-order valence-electron chi connectivity index (χ1n) is 14.7. The number of hydrogen-bond acceptors (Lipinski definition) is 7. The molecule has 3 aromatic rings. The first-order valence-corrected chi connectivity index (χ1v) is 16.7. The summed E-state index contributed by atoms with van der Waals surface area (Å²) in [5, 5.41) is -0.0997. The minimum absolute atomic E-state index is 0.305. The van der Waals surface area contributed by atoms with Gasteiger partial charge in [-0.2, -0.15) is 0 Å². The van der Waals surface area contributed by atoms with E-state index in [1.54, 1.807) is 39.3 Å². The molecule has 0 atom stereocenters. The molecule has 0 aliphatic carbocycles. The standard InChI is InChI=1S/C32H41ClN4O3S/c1-23(2)41(38,39)31-10-6-5-9-25(31)19-29-28(33)22-34-32(35-29)20-24-11-12-27(21-30(24)40-3)37-17-13-26(14-18-37)36-15-7-4-8-16-36/h5-6,9-12,21-23,26H,4,7-8,13-20H2,1-3H3. The summed E-state index contributed by atoms with van der Waals surface area (Å²) in [5.74, 6) is 1.43. The largest absolute Gasteiger partial charge is 0.496 e. The monoisotopic (exact) mass is 596 g/mol. The van der Waals surface area contributed by atoms with Crippen LogP contribution in [0.2, 0.25) is 5.02 Å². The molecule has 41 heavy (non-hydrogen) atoms. The third-order valence-electron chi connectivity index (χ3n) is 8.48. The van der Waals surface area contributed by atoms with Gasteiger partial charge in [-0.1, -0.05) is 42.3 Å². The van der Waals surface area contributed by atoms with E-state index < -0.39 is 15.1 Å². The maximum atomic E-state index is 13.0. The summed E-state index contributed by atoms with van der Waals surface area (Å²) in [6.45, 7) is 8.01. The molecule has 7 nitrogen and oxygen atoms in total. The molecular formula is C32H41ClN4O3S. The Bertz CT molecular complexity index is 1450. The van der Waals surface area contributed by atoms with Crippen molar-refractivity contribution < 1.29 is 13.2 Å². The number of halogens is 1. The first kappa shape index (κ1) is 29.8. The predicted molar refractivity (Wildman–Crippen MR) is 165 cm³/mol. The summed E-state index contributed by atoms with van der Waals surface area (Å²) in [4.78, 5) is 14.7. The topological polar surface area (TPSA) is 75.6 Å². The van der Waals surface area contributed by atoms with Crippen LogP contribution >= 0.6 is 11.6 Å². The van der Waals surface area contributed by atoms with Crippen LogP contribution in [0.3, 0.4) is 0 Å². The summed E-state index contributed by atoms with van der Waals surface area (Å²) >= 11 is 6.50. The van der Waals surface area contributed by atoms with Crippen molar-refractivity contribution in [2.75, 3.05) is 38.2 Å². The summed E-state index contributed by atoms with van der Waals surface area (Å²) in [7, 11) is -1.74.